The zero-order valence-corrected chi connectivity index (χ0v) is 11.6. The molecule has 0 aliphatic heterocycles. The molecule has 5 nitrogen and oxygen atoms in total. The average molecular weight is 288 g/mol. The van der Waals surface area contributed by atoms with Gasteiger partial charge in [0, 0.05) is 24.3 Å². The van der Waals surface area contributed by atoms with Crippen molar-refractivity contribution in [1.82, 2.24) is 14.7 Å². The number of anilines is 1. The highest BCUT2D eigenvalue weighted by Gasteiger charge is 2.33. The second kappa shape index (κ2) is 5.55. The van der Waals surface area contributed by atoms with Crippen LogP contribution in [0.3, 0.4) is 0 Å². The van der Waals surface area contributed by atoms with Gasteiger partial charge in [-0.3, -0.25) is 9.48 Å². The SMILES string of the molecule is Nc1ccn(CC(=O)N(Cc2ccccc2F)C2CC2)n1. The fraction of sp³-hybridized carbons (Fsp3) is 0.333. The van der Waals surface area contributed by atoms with Crippen LogP contribution < -0.4 is 5.73 Å². The maximum absolute atomic E-state index is 13.8. The first-order valence-corrected chi connectivity index (χ1v) is 6.95. The average Bonchev–Trinajstić information content (AvgIpc) is 3.21. The van der Waals surface area contributed by atoms with Gasteiger partial charge in [0.05, 0.1) is 0 Å². The largest absolute Gasteiger partial charge is 0.382 e. The summed E-state index contributed by atoms with van der Waals surface area (Å²) in [4.78, 5) is 14.2. The van der Waals surface area contributed by atoms with Crippen LogP contribution in [0.4, 0.5) is 10.2 Å². The predicted octanol–water partition coefficient (Wildman–Crippen LogP) is 1.80. The van der Waals surface area contributed by atoms with Crippen molar-refractivity contribution in [1.29, 1.82) is 0 Å². The number of hydrogen-bond acceptors (Lipinski definition) is 3. The molecule has 2 aromatic rings. The molecule has 0 saturated heterocycles. The molecule has 1 aliphatic rings. The van der Waals surface area contributed by atoms with Crippen LogP contribution in [0.2, 0.25) is 0 Å². The molecule has 0 atom stereocenters. The Bertz CT molecular complexity index is 651. The van der Waals surface area contributed by atoms with Gasteiger partial charge in [-0.1, -0.05) is 18.2 Å². The zero-order chi connectivity index (χ0) is 14.8. The van der Waals surface area contributed by atoms with E-state index in [9.17, 15) is 9.18 Å². The normalized spacial score (nSPS) is 14.1. The summed E-state index contributed by atoms with van der Waals surface area (Å²) in [5, 5.41) is 4.01. The van der Waals surface area contributed by atoms with Crippen LogP contribution in [0.25, 0.3) is 0 Å². The molecule has 3 rings (SSSR count). The third-order valence-corrected chi connectivity index (χ3v) is 3.57. The van der Waals surface area contributed by atoms with Crippen molar-refractivity contribution in [3.8, 4) is 0 Å². The molecular formula is C15H17FN4O. The molecule has 1 saturated carbocycles. The molecule has 1 heterocycles. The zero-order valence-electron chi connectivity index (χ0n) is 11.6. The van der Waals surface area contributed by atoms with Crippen LogP contribution in [0.15, 0.2) is 36.5 Å². The number of rotatable bonds is 5. The van der Waals surface area contributed by atoms with Crippen LogP contribution in [-0.2, 0) is 17.9 Å². The molecule has 0 radical (unpaired) electrons. The summed E-state index contributed by atoms with van der Waals surface area (Å²) < 4.78 is 15.3. The molecule has 21 heavy (non-hydrogen) atoms. The number of nitrogens with zero attached hydrogens (tertiary/aromatic N) is 3. The lowest BCUT2D eigenvalue weighted by atomic mass is 10.2. The van der Waals surface area contributed by atoms with Gasteiger partial charge in [0.2, 0.25) is 5.91 Å². The smallest absolute Gasteiger partial charge is 0.244 e. The molecule has 1 amide bonds. The molecule has 1 aromatic carbocycles. The van der Waals surface area contributed by atoms with Gasteiger partial charge in [0.1, 0.15) is 18.2 Å². The van der Waals surface area contributed by atoms with Gasteiger partial charge in [-0.25, -0.2) is 4.39 Å². The Kier molecular flexibility index (Phi) is 3.60. The van der Waals surface area contributed by atoms with E-state index in [0.717, 1.165) is 12.8 Å². The van der Waals surface area contributed by atoms with Crippen LogP contribution in [0.1, 0.15) is 18.4 Å². The van der Waals surface area contributed by atoms with Gasteiger partial charge in [0.15, 0.2) is 0 Å². The first kappa shape index (κ1) is 13.6. The van der Waals surface area contributed by atoms with Crippen molar-refractivity contribution >= 4 is 11.7 Å². The number of aromatic nitrogens is 2. The van der Waals surface area contributed by atoms with Gasteiger partial charge in [-0.2, -0.15) is 5.10 Å². The fourth-order valence-electron chi connectivity index (χ4n) is 2.31. The minimum absolute atomic E-state index is 0.0659. The van der Waals surface area contributed by atoms with Crippen molar-refractivity contribution < 1.29 is 9.18 Å². The Morgan fingerprint density at radius 1 is 1.38 bits per heavy atom. The van der Waals surface area contributed by atoms with E-state index in [-0.39, 0.29) is 24.3 Å². The van der Waals surface area contributed by atoms with Gasteiger partial charge in [-0.05, 0) is 25.0 Å². The molecule has 0 unspecified atom stereocenters. The van der Waals surface area contributed by atoms with Gasteiger partial charge in [0.25, 0.3) is 0 Å². The van der Waals surface area contributed by atoms with Crippen LogP contribution in [0.5, 0.6) is 0 Å². The first-order valence-electron chi connectivity index (χ1n) is 6.95. The van der Waals surface area contributed by atoms with Gasteiger partial charge < -0.3 is 10.6 Å². The second-order valence-corrected chi connectivity index (χ2v) is 5.28. The number of nitrogens with two attached hydrogens (primary N) is 1. The first-order chi connectivity index (χ1) is 10.1. The van der Waals surface area contributed by atoms with E-state index in [1.54, 1.807) is 35.4 Å². The van der Waals surface area contributed by atoms with Gasteiger partial charge in [-0.15, -0.1) is 0 Å². The Morgan fingerprint density at radius 2 is 2.14 bits per heavy atom. The van der Waals surface area contributed by atoms with Crippen molar-refractivity contribution in [3.05, 3.63) is 47.9 Å². The van der Waals surface area contributed by atoms with E-state index in [1.165, 1.54) is 10.7 Å². The summed E-state index contributed by atoms with van der Waals surface area (Å²) >= 11 is 0. The third-order valence-electron chi connectivity index (χ3n) is 3.57. The highest BCUT2D eigenvalue weighted by Crippen LogP contribution is 2.29. The Morgan fingerprint density at radius 3 is 2.76 bits per heavy atom. The van der Waals surface area contributed by atoms with E-state index in [1.807, 2.05) is 0 Å². The Labute approximate surface area is 122 Å². The fourth-order valence-corrected chi connectivity index (χ4v) is 2.31. The lowest BCUT2D eigenvalue weighted by Crippen LogP contribution is -2.35. The molecule has 1 aromatic heterocycles. The third kappa shape index (κ3) is 3.21. The lowest BCUT2D eigenvalue weighted by Gasteiger charge is -2.22. The summed E-state index contributed by atoms with van der Waals surface area (Å²) in [6, 6.07) is 8.41. The van der Waals surface area contributed by atoms with Crippen molar-refractivity contribution in [2.45, 2.75) is 32.0 Å². The number of benzene rings is 1. The molecule has 1 aliphatic carbocycles. The van der Waals surface area contributed by atoms with Crippen LogP contribution >= 0.6 is 0 Å². The van der Waals surface area contributed by atoms with Crippen molar-refractivity contribution in [2.75, 3.05) is 5.73 Å². The predicted molar refractivity (Wildman–Crippen MR) is 76.6 cm³/mol. The summed E-state index contributed by atoms with van der Waals surface area (Å²) in [6.45, 7) is 0.426. The molecule has 2 N–H and O–H groups in total. The summed E-state index contributed by atoms with van der Waals surface area (Å²) in [5.41, 5.74) is 6.08. The summed E-state index contributed by atoms with van der Waals surface area (Å²) in [5.74, 6) is 0.0398. The van der Waals surface area contributed by atoms with E-state index in [4.69, 9.17) is 5.73 Å². The highest BCUT2D eigenvalue weighted by molar-refractivity contribution is 5.76. The van der Waals surface area contributed by atoms with Gasteiger partial charge >= 0.3 is 0 Å². The number of carbonyl (C=O) groups excluding carboxylic acids is 1. The summed E-state index contributed by atoms with van der Waals surface area (Å²) in [6.07, 6.45) is 3.62. The summed E-state index contributed by atoms with van der Waals surface area (Å²) in [7, 11) is 0. The van der Waals surface area contributed by atoms with Crippen molar-refractivity contribution in [3.63, 3.8) is 0 Å². The quantitative estimate of drug-likeness (QED) is 0.912. The van der Waals surface area contributed by atoms with E-state index >= 15 is 0 Å². The molecular weight excluding hydrogens is 271 g/mol. The maximum atomic E-state index is 13.8. The number of nitrogen functional groups attached to an aromatic ring is 1. The number of carbonyl (C=O) groups is 1. The minimum Gasteiger partial charge on any atom is -0.382 e. The minimum atomic E-state index is -0.278. The lowest BCUT2D eigenvalue weighted by molar-refractivity contribution is -0.133. The maximum Gasteiger partial charge on any atom is 0.244 e. The highest BCUT2D eigenvalue weighted by atomic mass is 19.1. The topological polar surface area (TPSA) is 64.2 Å². The molecule has 110 valence electrons. The van der Waals surface area contributed by atoms with E-state index in [2.05, 4.69) is 5.10 Å². The van der Waals surface area contributed by atoms with Crippen LogP contribution in [0, 0.1) is 5.82 Å². The molecule has 0 spiro atoms. The second-order valence-electron chi connectivity index (χ2n) is 5.28. The van der Waals surface area contributed by atoms with Crippen molar-refractivity contribution in [2.24, 2.45) is 0 Å². The number of halogens is 1. The monoisotopic (exact) mass is 288 g/mol. The molecule has 0 bridgehead atoms. The molecule has 1 fully saturated rings. The Hall–Kier alpha value is -2.37. The standard InChI is InChI=1S/C15H17FN4O/c16-13-4-2-1-3-11(13)9-20(12-5-6-12)15(21)10-19-8-7-14(17)18-19/h1-4,7-8,12H,5-6,9-10H2,(H2,17,18). The number of hydrogen-bond donors (Lipinski definition) is 1. The molecule has 6 heteroatoms. The van der Waals surface area contributed by atoms with Crippen LogP contribution in [-0.4, -0.2) is 26.6 Å². The Balaban J connectivity index is 1.72. The van der Waals surface area contributed by atoms with E-state index < -0.39 is 0 Å². The number of amides is 1. The van der Waals surface area contributed by atoms with E-state index in [0.29, 0.717) is 17.9 Å².